The van der Waals surface area contributed by atoms with E-state index < -0.39 is 0 Å². The number of anilines is 1. The van der Waals surface area contributed by atoms with E-state index in [9.17, 15) is 0 Å². The van der Waals surface area contributed by atoms with Gasteiger partial charge in [-0.1, -0.05) is 28.1 Å². The van der Waals surface area contributed by atoms with Crippen molar-refractivity contribution < 1.29 is 0 Å². The van der Waals surface area contributed by atoms with Gasteiger partial charge in [0.1, 0.15) is 5.82 Å². The second kappa shape index (κ2) is 6.02. The van der Waals surface area contributed by atoms with E-state index in [1.807, 2.05) is 12.1 Å². The lowest BCUT2D eigenvalue weighted by Crippen LogP contribution is -2.20. The summed E-state index contributed by atoms with van der Waals surface area (Å²) in [5.41, 5.74) is 7.95. The zero-order valence-electron chi connectivity index (χ0n) is 10.4. The average Bonchev–Trinajstić information content (AvgIpc) is 2.72. The maximum Gasteiger partial charge on any atom is 0.145 e. The van der Waals surface area contributed by atoms with Crippen molar-refractivity contribution in [2.45, 2.75) is 13.0 Å². The Kier molecular flexibility index (Phi) is 4.38. The molecule has 4 nitrogen and oxygen atoms in total. The summed E-state index contributed by atoms with van der Waals surface area (Å²) in [5, 5.41) is 6.84. The number of H-pyrrole nitrogens is 1. The van der Waals surface area contributed by atoms with Gasteiger partial charge in [0, 0.05) is 23.6 Å². The number of halogens is 1. The van der Waals surface area contributed by atoms with Crippen LogP contribution < -0.4 is 5.73 Å². The lowest BCUT2D eigenvalue weighted by molar-refractivity contribution is 0.327. The Labute approximate surface area is 115 Å². The van der Waals surface area contributed by atoms with Crippen LogP contribution in [0.5, 0.6) is 0 Å². The first-order chi connectivity index (χ1) is 8.63. The molecule has 96 valence electrons. The highest BCUT2D eigenvalue weighted by molar-refractivity contribution is 9.10. The first-order valence-corrected chi connectivity index (χ1v) is 6.65. The number of hydrogen-bond donors (Lipinski definition) is 2. The van der Waals surface area contributed by atoms with Gasteiger partial charge in [0.25, 0.3) is 0 Å². The monoisotopic (exact) mass is 308 g/mol. The van der Waals surface area contributed by atoms with Crippen molar-refractivity contribution in [3.63, 3.8) is 0 Å². The van der Waals surface area contributed by atoms with Crippen molar-refractivity contribution in [3.05, 3.63) is 46.1 Å². The topological polar surface area (TPSA) is 57.9 Å². The molecule has 3 N–H and O–H groups in total. The lowest BCUT2D eigenvalue weighted by atomic mass is 10.1. The average molecular weight is 309 g/mol. The Morgan fingerprint density at radius 1 is 1.39 bits per heavy atom. The van der Waals surface area contributed by atoms with Crippen LogP contribution in [0.2, 0.25) is 0 Å². The van der Waals surface area contributed by atoms with Crippen molar-refractivity contribution in [1.82, 2.24) is 15.1 Å². The third kappa shape index (κ3) is 3.85. The van der Waals surface area contributed by atoms with E-state index in [0.717, 1.165) is 29.7 Å². The van der Waals surface area contributed by atoms with Gasteiger partial charge in [0.05, 0.1) is 5.69 Å². The minimum absolute atomic E-state index is 0.547. The van der Waals surface area contributed by atoms with Crippen molar-refractivity contribution in [1.29, 1.82) is 0 Å². The van der Waals surface area contributed by atoms with Crippen LogP contribution >= 0.6 is 15.9 Å². The summed E-state index contributed by atoms with van der Waals surface area (Å²) >= 11 is 3.48. The number of benzene rings is 1. The zero-order valence-corrected chi connectivity index (χ0v) is 11.9. The molecular weight excluding hydrogens is 292 g/mol. The predicted octanol–water partition coefficient (Wildman–Crippen LogP) is 2.43. The molecule has 18 heavy (non-hydrogen) atoms. The molecule has 2 rings (SSSR count). The van der Waals surface area contributed by atoms with Gasteiger partial charge in [0.15, 0.2) is 0 Å². The molecule has 2 aromatic rings. The fraction of sp³-hybridized carbons (Fsp3) is 0.308. The molecule has 0 fully saturated rings. The Bertz CT molecular complexity index is 509. The number of nitrogens with zero attached hydrogens (tertiary/aromatic N) is 2. The molecule has 1 aromatic carbocycles. The number of nitrogens with one attached hydrogen (secondary N) is 1. The Morgan fingerprint density at radius 3 is 2.89 bits per heavy atom. The number of aromatic nitrogens is 2. The highest BCUT2D eigenvalue weighted by Gasteiger charge is 2.03. The third-order valence-corrected chi connectivity index (χ3v) is 3.26. The quantitative estimate of drug-likeness (QED) is 0.892. The van der Waals surface area contributed by atoms with Gasteiger partial charge in [0.2, 0.25) is 0 Å². The van der Waals surface area contributed by atoms with Gasteiger partial charge in [-0.2, -0.15) is 5.10 Å². The van der Waals surface area contributed by atoms with Crippen LogP contribution in [0, 0.1) is 0 Å². The second-order valence-electron chi connectivity index (χ2n) is 4.44. The summed E-state index contributed by atoms with van der Waals surface area (Å²) in [7, 11) is 2.09. The summed E-state index contributed by atoms with van der Waals surface area (Å²) < 4.78 is 1.13. The number of nitrogens with two attached hydrogens (primary N) is 1. The largest absolute Gasteiger partial charge is 0.382 e. The van der Waals surface area contributed by atoms with Crippen LogP contribution in [0.3, 0.4) is 0 Å². The van der Waals surface area contributed by atoms with Crippen molar-refractivity contribution >= 4 is 21.7 Å². The maximum absolute atomic E-state index is 5.57. The smallest absolute Gasteiger partial charge is 0.145 e. The molecule has 0 saturated heterocycles. The van der Waals surface area contributed by atoms with Gasteiger partial charge in [-0.25, -0.2) is 0 Å². The minimum atomic E-state index is 0.547. The number of rotatable bonds is 5. The molecule has 5 heteroatoms. The highest BCUT2D eigenvalue weighted by Crippen LogP contribution is 2.12. The van der Waals surface area contributed by atoms with E-state index in [1.54, 1.807) is 0 Å². The standard InChI is InChI=1S/C13H17BrN4/c1-18(9-12-8-13(15)17-16-12)6-5-10-3-2-4-11(14)7-10/h2-4,7-8H,5-6,9H2,1H3,(H3,15,16,17). The molecule has 0 spiro atoms. The third-order valence-electron chi connectivity index (χ3n) is 2.76. The van der Waals surface area contributed by atoms with Gasteiger partial charge >= 0.3 is 0 Å². The molecule has 0 saturated carbocycles. The Balaban J connectivity index is 1.83. The first kappa shape index (κ1) is 13.1. The number of aromatic amines is 1. The molecule has 0 unspecified atom stereocenters. The van der Waals surface area contributed by atoms with E-state index >= 15 is 0 Å². The van der Waals surface area contributed by atoms with Crippen LogP contribution in [0.4, 0.5) is 5.82 Å². The minimum Gasteiger partial charge on any atom is -0.382 e. The van der Waals surface area contributed by atoms with E-state index in [1.165, 1.54) is 5.56 Å². The zero-order chi connectivity index (χ0) is 13.0. The normalized spacial score (nSPS) is 11.1. The van der Waals surface area contributed by atoms with Crippen LogP contribution in [0.25, 0.3) is 0 Å². The van der Waals surface area contributed by atoms with Crippen molar-refractivity contribution in [2.24, 2.45) is 0 Å². The molecule has 0 amide bonds. The molecule has 0 atom stereocenters. The number of nitrogen functional groups attached to an aromatic ring is 1. The summed E-state index contributed by atoms with van der Waals surface area (Å²) in [6.45, 7) is 1.83. The fourth-order valence-electron chi connectivity index (χ4n) is 1.84. The van der Waals surface area contributed by atoms with Gasteiger partial charge in [-0.05, 0) is 31.2 Å². The Morgan fingerprint density at radius 2 is 2.22 bits per heavy atom. The SMILES string of the molecule is CN(CCc1cccc(Br)c1)Cc1cc(N)n[nH]1. The predicted molar refractivity (Wildman–Crippen MR) is 77.2 cm³/mol. The molecule has 1 heterocycles. The maximum atomic E-state index is 5.57. The molecule has 1 aromatic heterocycles. The number of likely N-dealkylation sites (N-methyl/N-ethyl adjacent to an activating group) is 1. The molecule has 0 bridgehead atoms. The first-order valence-electron chi connectivity index (χ1n) is 5.86. The van der Waals surface area contributed by atoms with Crippen molar-refractivity contribution in [3.8, 4) is 0 Å². The fourth-order valence-corrected chi connectivity index (χ4v) is 2.29. The lowest BCUT2D eigenvalue weighted by Gasteiger charge is -2.15. The van der Waals surface area contributed by atoms with Crippen LogP contribution in [0.15, 0.2) is 34.8 Å². The number of hydrogen-bond acceptors (Lipinski definition) is 3. The van der Waals surface area contributed by atoms with Crippen LogP contribution in [0.1, 0.15) is 11.3 Å². The summed E-state index contributed by atoms with van der Waals surface area (Å²) in [6.07, 6.45) is 1.03. The van der Waals surface area contributed by atoms with Crippen LogP contribution in [-0.4, -0.2) is 28.7 Å². The van der Waals surface area contributed by atoms with E-state index in [2.05, 4.69) is 56.3 Å². The molecule has 0 radical (unpaired) electrons. The van der Waals surface area contributed by atoms with Gasteiger partial charge in [-0.3, -0.25) is 5.10 Å². The van der Waals surface area contributed by atoms with Crippen molar-refractivity contribution in [2.75, 3.05) is 19.3 Å². The highest BCUT2D eigenvalue weighted by atomic mass is 79.9. The molecule has 0 aliphatic carbocycles. The molecular formula is C13H17BrN4. The van der Waals surface area contributed by atoms with Gasteiger partial charge < -0.3 is 10.6 Å². The molecule has 0 aliphatic heterocycles. The summed E-state index contributed by atoms with van der Waals surface area (Å²) in [4.78, 5) is 2.24. The van der Waals surface area contributed by atoms with E-state index in [-0.39, 0.29) is 0 Å². The van der Waals surface area contributed by atoms with E-state index in [0.29, 0.717) is 5.82 Å². The Hall–Kier alpha value is -1.33. The van der Waals surface area contributed by atoms with E-state index in [4.69, 9.17) is 5.73 Å². The summed E-state index contributed by atoms with van der Waals surface area (Å²) in [5.74, 6) is 0.547. The second-order valence-corrected chi connectivity index (χ2v) is 5.35. The summed E-state index contributed by atoms with van der Waals surface area (Å²) in [6, 6.07) is 10.3. The van der Waals surface area contributed by atoms with Crippen LogP contribution in [-0.2, 0) is 13.0 Å². The molecule has 0 aliphatic rings. The van der Waals surface area contributed by atoms with Gasteiger partial charge in [-0.15, -0.1) is 0 Å².